The molecule has 0 N–H and O–H groups in total. The lowest BCUT2D eigenvalue weighted by Crippen LogP contribution is -2.25. The molecule has 0 radical (unpaired) electrons. The molecule has 0 spiro atoms. The van der Waals surface area contributed by atoms with Crippen molar-refractivity contribution in [1.29, 1.82) is 0 Å². The molecular weight excluding hydrogens is 292 g/mol. The Morgan fingerprint density at radius 2 is 2.19 bits per heavy atom. The van der Waals surface area contributed by atoms with Crippen LogP contribution in [0, 0.1) is 12.8 Å². The van der Waals surface area contributed by atoms with Crippen LogP contribution in [0.3, 0.4) is 0 Å². The molecule has 2 rings (SSSR count). The highest BCUT2D eigenvalue weighted by molar-refractivity contribution is 7.90. The number of hydrogen-bond acceptors (Lipinski definition) is 4. The van der Waals surface area contributed by atoms with Crippen molar-refractivity contribution < 1.29 is 13.2 Å². The van der Waals surface area contributed by atoms with Gasteiger partial charge in [0.2, 0.25) is 5.91 Å². The number of rotatable bonds is 4. The second-order valence-electron chi connectivity index (χ2n) is 5.21. The molecule has 1 aromatic rings. The highest BCUT2D eigenvalue weighted by Gasteiger charge is 2.31. The summed E-state index contributed by atoms with van der Waals surface area (Å²) < 4.78 is 23.3. The van der Waals surface area contributed by atoms with E-state index in [4.69, 9.17) is 5.53 Å². The normalized spacial score (nSPS) is 18.7. The Hall–Kier alpha value is -2.05. The van der Waals surface area contributed by atoms with E-state index in [1.807, 2.05) is 6.92 Å². The molecule has 1 heterocycles. The van der Waals surface area contributed by atoms with Gasteiger partial charge in [-0.3, -0.25) is 4.79 Å². The van der Waals surface area contributed by atoms with E-state index < -0.39 is 9.84 Å². The van der Waals surface area contributed by atoms with E-state index in [1.54, 1.807) is 11.0 Å². The standard InChI is InChI=1S/C13H16N4O3S/c1-9-3-4-11(21(2,19)20)6-12(9)17-8-10(5-13(17)18)7-15-16-14/h3-4,6,10H,5,7-8H2,1-2H3. The van der Waals surface area contributed by atoms with Crippen molar-refractivity contribution in [1.82, 2.24) is 0 Å². The molecule has 0 bridgehead atoms. The first kappa shape index (κ1) is 15.3. The minimum Gasteiger partial charge on any atom is -0.312 e. The van der Waals surface area contributed by atoms with Gasteiger partial charge in [-0.1, -0.05) is 11.2 Å². The van der Waals surface area contributed by atoms with E-state index in [9.17, 15) is 13.2 Å². The number of hydrogen-bond donors (Lipinski definition) is 0. The van der Waals surface area contributed by atoms with Gasteiger partial charge < -0.3 is 4.90 Å². The number of nitrogens with zero attached hydrogens (tertiary/aromatic N) is 4. The number of amides is 1. The highest BCUT2D eigenvalue weighted by atomic mass is 32.2. The molecule has 1 atom stereocenters. The smallest absolute Gasteiger partial charge is 0.227 e. The maximum absolute atomic E-state index is 12.1. The van der Waals surface area contributed by atoms with Crippen LogP contribution in [-0.4, -0.2) is 33.7 Å². The summed E-state index contributed by atoms with van der Waals surface area (Å²) in [5.74, 6) is -0.114. The van der Waals surface area contributed by atoms with Gasteiger partial charge in [0.25, 0.3) is 0 Å². The first-order chi connectivity index (χ1) is 9.82. The molecule has 1 aromatic carbocycles. The summed E-state index contributed by atoms with van der Waals surface area (Å²) in [5.41, 5.74) is 9.78. The number of aryl methyl sites for hydroxylation is 1. The molecule has 1 saturated heterocycles. The second kappa shape index (κ2) is 5.75. The van der Waals surface area contributed by atoms with Crippen molar-refractivity contribution in [2.45, 2.75) is 18.2 Å². The van der Waals surface area contributed by atoms with Crippen LogP contribution in [0.2, 0.25) is 0 Å². The molecular formula is C13H16N4O3S. The zero-order chi connectivity index (χ0) is 15.6. The fourth-order valence-corrected chi connectivity index (χ4v) is 3.04. The third-order valence-corrected chi connectivity index (χ3v) is 4.62. The van der Waals surface area contributed by atoms with Gasteiger partial charge in [-0.2, -0.15) is 0 Å². The van der Waals surface area contributed by atoms with Crippen LogP contribution in [0.4, 0.5) is 5.69 Å². The van der Waals surface area contributed by atoms with Crippen molar-refractivity contribution in [2.75, 3.05) is 24.2 Å². The van der Waals surface area contributed by atoms with Crippen molar-refractivity contribution in [3.63, 3.8) is 0 Å². The maximum atomic E-state index is 12.1. The fourth-order valence-electron chi connectivity index (χ4n) is 2.40. The van der Waals surface area contributed by atoms with E-state index in [1.165, 1.54) is 12.1 Å². The Balaban J connectivity index is 2.33. The van der Waals surface area contributed by atoms with Gasteiger partial charge in [-0.25, -0.2) is 8.42 Å². The molecule has 1 fully saturated rings. The Bertz CT molecular complexity index is 723. The Morgan fingerprint density at radius 3 is 2.81 bits per heavy atom. The van der Waals surface area contributed by atoms with E-state index in [0.717, 1.165) is 11.8 Å². The Morgan fingerprint density at radius 1 is 1.48 bits per heavy atom. The van der Waals surface area contributed by atoms with Crippen molar-refractivity contribution in [3.8, 4) is 0 Å². The summed E-state index contributed by atoms with van der Waals surface area (Å²) in [6.45, 7) is 2.53. The summed E-state index contributed by atoms with van der Waals surface area (Å²) in [6.07, 6.45) is 1.44. The van der Waals surface area contributed by atoms with Gasteiger partial charge in [-0.05, 0) is 36.1 Å². The van der Waals surface area contributed by atoms with Crippen molar-refractivity contribution in [2.24, 2.45) is 11.0 Å². The molecule has 0 saturated carbocycles. The van der Waals surface area contributed by atoms with E-state index >= 15 is 0 Å². The van der Waals surface area contributed by atoms with E-state index in [0.29, 0.717) is 18.7 Å². The van der Waals surface area contributed by atoms with Crippen LogP contribution >= 0.6 is 0 Å². The molecule has 0 aromatic heterocycles. The lowest BCUT2D eigenvalue weighted by atomic mass is 10.1. The topological polar surface area (TPSA) is 103 Å². The summed E-state index contributed by atoms with van der Waals surface area (Å²) in [7, 11) is -3.32. The fraction of sp³-hybridized carbons (Fsp3) is 0.462. The molecule has 1 unspecified atom stereocenters. The summed E-state index contributed by atoms with van der Waals surface area (Å²) in [4.78, 5) is 16.6. The Kier molecular flexibility index (Phi) is 4.20. The van der Waals surface area contributed by atoms with Gasteiger partial charge in [0.15, 0.2) is 9.84 Å². The van der Waals surface area contributed by atoms with Gasteiger partial charge in [0.1, 0.15) is 0 Å². The minimum absolute atomic E-state index is 0.0327. The second-order valence-corrected chi connectivity index (χ2v) is 7.22. The Labute approximate surface area is 123 Å². The zero-order valence-corrected chi connectivity index (χ0v) is 12.7. The number of anilines is 1. The van der Waals surface area contributed by atoms with Crippen LogP contribution in [0.25, 0.3) is 10.4 Å². The summed E-state index contributed by atoms with van der Waals surface area (Å²) in [5, 5.41) is 3.50. The van der Waals surface area contributed by atoms with Crippen LogP contribution in [0.5, 0.6) is 0 Å². The summed E-state index contributed by atoms with van der Waals surface area (Å²) in [6, 6.07) is 4.75. The molecule has 7 nitrogen and oxygen atoms in total. The molecule has 1 aliphatic heterocycles. The molecule has 8 heteroatoms. The van der Waals surface area contributed by atoms with Gasteiger partial charge in [-0.15, -0.1) is 0 Å². The van der Waals surface area contributed by atoms with Crippen molar-refractivity contribution >= 4 is 21.4 Å². The zero-order valence-electron chi connectivity index (χ0n) is 11.9. The van der Waals surface area contributed by atoms with Crippen LogP contribution < -0.4 is 4.90 Å². The predicted molar refractivity (Wildman–Crippen MR) is 78.8 cm³/mol. The molecule has 21 heavy (non-hydrogen) atoms. The molecule has 0 aliphatic carbocycles. The maximum Gasteiger partial charge on any atom is 0.227 e. The predicted octanol–water partition coefficient (Wildman–Crippen LogP) is 2.06. The highest BCUT2D eigenvalue weighted by Crippen LogP contribution is 2.30. The van der Waals surface area contributed by atoms with Crippen LogP contribution in [0.1, 0.15) is 12.0 Å². The molecule has 112 valence electrons. The number of carbonyl (C=O) groups is 1. The number of azide groups is 1. The first-order valence-electron chi connectivity index (χ1n) is 6.45. The average molecular weight is 308 g/mol. The van der Waals surface area contributed by atoms with Gasteiger partial charge in [0.05, 0.1) is 4.90 Å². The minimum atomic E-state index is -3.32. The van der Waals surface area contributed by atoms with Crippen molar-refractivity contribution in [3.05, 3.63) is 34.2 Å². The third-order valence-electron chi connectivity index (χ3n) is 3.51. The number of benzene rings is 1. The molecule has 1 aliphatic rings. The lowest BCUT2D eigenvalue weighted by Gasteiger charge is -2.19. The quantitative estimate of drug-likeness (QED) is 0.483. The first-order valence-corrected chi connectivity index (χ1v) is 8.34. The average Bonchev–Trinajstić information content (AvgIpc) is 2.76. The number of carbonyl (C=O) groups excluding carboxylic acids is 1. The van der Waals surface area contributed by atoms with E-state index in [2.05, 4.69) is 10.0 Å². The van der Waals surface area contributed by atoms with Crippen LogP contribution in [0.15, 0.2) is 28.2 Å². The summed E-state index contributed by atoms with van der Waals surface area (Å²) >= 11 is 0. The largest absolute Gasteiger partial charge is 0.312 e. The van der Waals surface area contributed by atoms with E-state index in [-0.39, 0.29) is 23.3 Å². The third kappa shape index (κ3) is 3.34. The van der Waals surface area contributed by atoms with Gasteiger partial charge in [0, 0.05) is 36.4 Å². The molecule has 1 amide bonds. The number of sulfone groups is 1. The monoisotopic (exact) mass is 308 g/mol. The van der Waals surface area contributed by atoms with Gasteiger partial charge >= 0.3 is 0 Å². The van der Waals surface area contributed by atoms with Crippen LogP contribution in [-0.2, 0) is 14.6 Å². The lowest BCUT2D eigenvalue weighted by molar-refractivity contribution is -0.117. The SMILES string of the molecule is Cc1ccc(S(C)(=O)=O)cc1N1CC(CN=[N+]=[N-])CC1=O.